The van der Waals surface area contributed by atoms with Crippen LogP contribution >= 0.6 is 0 Å². The second kappa shape index (κ2) is 63.9. The first-order chi connectivity index (χ1) is 36.5. The SMILES string of the molecule is CCCCC/C=C\CCCCCCCC(=O)OCCCCCCCCCCCCCCCCCCCCCCCC(=O)NC(CO)C(O)/C=C/CCCCCCCCCCCCCCCCCCCCCCCC. The van der Waals surface area contributed by atoms with E-state index in [2.05, 4.69) is 31.3 Å². The van der Waals surface area contributed by atoms with Crippen molar-refractivity contribution in [2.45, 2.75) is 386 Å². The first-order valence-electron chi connectivity index (χ1n) is 33.6. The number of amides is 1. The highest BCUT2D eigenvalue weighted by Crippen LogP contribution is 2.18. The molecule has 0 aliphatic rings. The van der Waals surface area contributed by atoms with Gasteiger partial charge in [0.15, 0.2) is 0 Å². The first kappa shape index (κ1) is 72.3. The minimum absolute atomic E-state index is 0.00197. The Morgan fingerprint density at radius 1 is 0.365 bits per heavy atom. The van der Waals surface area contributed by atoms with Gasteiger partial charge in [-0.05, 0) is 57.8 Å². The largest absolute Gasteiger partial charge is 0.466 e. The Balaban J connectivity index is 3.42. The van der Waals surface area contributed by atoms with E-state index in [1.54, 1.807) is 6.08 Å². The van der Waals surface area contributed by atoms with Gasteiger partial charge >= 0.3 is 5.97 Å². The molecular formula is C68H131NO5. The molecule has 2 unspecified atom stereocenters. The van der Waals surface area contributed by atoms with E-state index in [4.69, 9.17) is 4.74 Å². The van der Waals surface area contributed by atoms with E-state index < -0.39 is 12.1 Å². The lowest BCUT2D eigenvalue weighted by molar-refractivity contribution is -0.143. The number of carbonyl (C=O) groups is 2. The lowest BCUT2D eigenvalue weighted by Gasteiger charge is -2.20. The molecule has 0 saturated heterocycles. The van der Waals surface area contributed by atoms with Crippen molar-refractivity contribution < 1.29 is 24.5 Å². The van der Waals surface area contributed by atoms with Gasteiger partial charge in [0, 0.05) is 12.8 Å². The fourth-order valence-corrected chi connectivity index (χ4v) is 10.6. The minimum Gasteiger partial charge on any atom is -0.466 e. The Kier molecular flexibility index (Phi) is 62.4. The van der Waals surface area contributed by atoms with Crippen molar-refractivity contribution in [2.24, 2.45) is 0 Å². The zero-order chi connectivity index (χ0) is 53.6. The van der Waals surface area contributed by atoms with Crippen molar-refractivity contribution in [3.8, 4) is 0 Å². The highest BCUT2D eigenvalue weighted by atomic mass is 16.5. The quantitative estimate of drug-likeness (QED) is 0.0320. The van der Waals surface area contributed by atoms with Crippen LogP contribution in [0.2, 0.25) is 0 Å². The Labute approximate surface area is 462 Å². The van der Waals surface area contributed by atoms with Crippen LogP contribution in [0.3, 0.4) is 0 Å². The second-order valence-electron chi connectivity index (χ2n) is 23.2. The molecule has 1 amide bonds. The fraction of sp³-hybridized carbons (Fsp3) is 0.912. The zero-order valence-corrected chi connectivity index (χ0v) is 50.1. The number of nitrogens with one attached hydrogen (secondary N) is 1. The van der Waals surface area contributed by atoms with Crippen LogP contribution in [0.4, 0.5) is 0 Å². The molecule has 0 spiro atoms. The summed E-state index contributed by atoms with van der Waals surface area (Å²) in [5, 5.41) is 23.3. The molecule has 0 aromatic heterocycles. The lowest BCUT2D eigenvalue weighted by Crippen LogP contribution is -2.45. The maximum atomic E-state index is 12.5. The van der Waals surface area contributed by atoms with E-state index in [-0.39, 0.29) is 18.5 Å². The van der Waals surface area contributed by atoms with Crippen LogP contribution in [0.5, 0.6) is 0 Å². The molecule has 0 aromatic rings. The van der Waals surface area contributed by atoms with Gasteiger partial charge in [0.2, 0.25) is 5.91 Å². The van der Waals surface area contributed by atoms with Crippen molar-refractivity contribution in [3.05, 3.63) is 24.3 Å². The molecule has 0 fully saturated rings. The molecule has 0 aliphatic carbocycles. The Hall–Kier alpha value is -1.66. The third kappa shape index (κ3) is 59.6. The lowest BCUT2D eigenvalue weighted by atomic mass is 10.0. The Bertz CT molecular complexity index is 1150. The van der Waals surface area contributed by atoms with E-state index in [1.807, 2.05) is 6.08 Å². The Morgan fingerprint density at radius 2 is 0.635 bits per heavy atom. The van der Waals surface area contributed by atoms with Crippen LogP contribution in [-0.4, -0.2) is 47.4 Å². The molecule has 6 heteroatoms. The number of aliphatic hydroxyl groups excluding tert-OH is 2. The van der Waals surface area contributed by atoms with E-state index in [0.717, 1.165) is 44.9 Å². The predicted octanol–water partition coefficient (Wildman–Crippen LogP) is 21.4. The summed E-state index contributed by atoms with van der Waals surface area (Å²) in [6.45, 7) is 4.91. The number of esters is 1. The molecule has 0 bridgehead atoms. The summed E-state index contributed by atoms with van der Waals surface area (Å²) in [5.41, 5.74) is 0. The van der Waals surface area contributed by atoms with Crippen LogP contribution in [0.1, 0.15) is 373 Å². The predicted molar refractivity (Wildman–Crippen MR) is 324 cm³/mol. The summed E-state index contributed by atoms with van der Waals surface area (Å²) in [6.07, 6.45) is 79.5. The standard InChI is InChI=1S/C68H131NO5/c1-3-5-7-9-11-13-15-17-18-19-20-21-22-23-25-28-31-34-37-40-44-48-52-56-60-66(71)65(64-70)69-67(72)61-57-53-49-45-41-38-35-32-29-26-24-27-30-33-36-39-43-47-51-55-59-63-74-68(73)62-58-54-50-46-42-16-14-12-10-8-6-4-2/h12,14,56,60,65-66,70-71H,3-11,13,15-55,57-59,61-64H2,1-2H3,(H,69,72)/b14-12-,60-56+. The number of hydrogen-bond acceptors (Lipinski definition) is 5. The van der Waals surface area contributed by atoms with Gasteiger partial charge in [-0.3, -0.25) is 9.59 Å². The number of carbonyl (C=O) groups excluding carboxylic acids is 2. The highest BCUT2D eigenvalue weighted by molar-refractivity contribution is 5.76. The number of hydrogen-bond donors (Lipinski definition) is 3. The van der Waals surface area contributed by atoms with Crippen molar-refractivity contribution in [1.29, 1.82) is 0 Å². The molecule has 0 aliphatic heterocycles. The van der Waals surface area contributed by atoms with Gasteiger partial charge in [-0.15, -0.1) is 0 Å². The van der Waals surface area contributed by atoms with Crippen molar-refractivity contribution in [3.63, 3.8) is 0 Å². The number of rotatable bonds is 63. The molecule has 2 atom stereocenters. The monoisotopic (exact) mass is 1040 g/mol. The Morgan fingerprint density at radius 3 is 0.986 bits per heavy atom. The molecule has 0 rings (SSSR count). The first-order valence-corrected chi connectivity index (χ1v) is 33.6. The molecule has 0 saturated carbocycles. The van der Waals surface area contributed by atoms with Gasteiger partial charge in [-0.2, -0.15) is 0 Å². The summed E-state index contributed by atoms with van der Waals surface area (Å²) in [5.74, 6) is -0.0630. The second-order valence-corrected chi connectivity index (χ2v) is 23.2. The van der Waals surface area contributed by atoms with Crippen LogP contribution < -0.4 is 5.32 Å². The van der Waals surface area contributed by atoms with Gasteiger partial charge in [-0.1, -0.05) is 327 Å². The number of unbranched alkanes of at least 4 members (excludes halogenated alkanes) is 50. The van der Waals surface area contributed by atoms with E-state index in [1.165, 1.54) is 302 Å². The molecule has 3 N–H and O–H groups in total. The summed E-state index contributed by atoms with van der Waals surface area (Å²) < 4.78 is 5.47. The number of ether oxygens (including phenoxy) is 1. The third-order valence-electron chi connectivity index (χ3n) is 15.7. The van der Waals surface area contributed by atoms with Crippen molar-refractivity contribution in [1.82, 2.24) is 5.32 Å². The maximum Gasteiger partial charge on any atom is 0.305 e. The number of allylic oxidation sites excluding steroid dienone is 3. The molecule has 0 heterocycles. The summed E-state index contributed by atoms with van der Waals surface area (Å²) in [6, 6.07) is -0.630. The van der Waals surface area contributed by atoms with Crippen molar-refractivity contribution in [2.75, 3.05) is 13.2 Å². The summed E-state index contributed by atoms with van der Waals surface area (Å²) in [7, 11) is 0. The molecule has 438 valence electrons. The molecular weight excluding hydrogens is 911 g/mol. The summed E-state index contributed by atoms with van der Waals surface area (Å²) >= 11 is 0. The van der Waals surface area contributed by atoms with Gasteiger partial charge < -0.3 is 20.3 Å². The average molecular weight is 1040 g/mol. The smallest absolute Gasteiger partial charge is 0.305 e. The van der Waals surface area contributed by atoms with E-state index in [9.17, 15) is 19.8 Å². The molecule has 0 aromatic carbocycles. The third-order valence-corrected chi connectivity index (χ3v) is 15.7. The molecule has 6 nitrogen and oxygen atoms in total. The number of aliphatic hydroxyl groups is 2. The molecule has 74 heavy (non-hydrogen) atoms. The zero-order valence-electron chi connectivity index (χ0n) is 50.1. The van der Waals surface area contributed by atoms with E-state index >= 15 is 0 Å². The fourth-order valence-electron chi connectivity index (χ4n) is 10.6. The van der Waals surface area contributed by atoms with Gasteiger partial charge in [-0.25, -0.2) is 0 Å². The maximum absolute atomic E-state index is 12.5. The van der Waals surface area contributed by atoms with Crippen LogP contribution in [0, 0.1) is 0 Å². The van der Waals surface area contributed by atoms with Gasteiger partial charge in [0.05, 0.1) is 25.4 Å². The van der Waals surface area contributed by atoms with Crippen LogP contribution in [0.25, 0.3) is 0 Å². The minimum atomic E-state index is -0.846. The van der Waals surface area contributed by atoms with Crippen molar-refractivity contribution >= 4 is 11.9 Å². The highest BCUT2D eigenvalue weighted by Gasteiger charge is 2.18. The topological polar surface area (TPSA) is 95.9 Å². The van der Waals surface area contributed by atoms with Gasteiger partial charge in [0.25, 0.3) is 0 Å². The normalized spacial score (nSPS) is 12.6. The van der Waals surface area contributed by atoms with Gasteiger partial charge in [0.1, 0.15) is 0 Å². The van der Waals surface area contributed by atoms with E-state index in [0.29, 0.717) is 19.4 Å². The van der Waals surface area contributed by atoms with Crippen LogP contribution in [-0.2, 0) is 14.3 Å². The summed E-state index contributed by atoms with van der Waals surface area (Å²) in [4.78, 5) is 24.5. The van der Waals surface area contributed by atoms with Crippen LogP contribution in [0.15, 0.2) is 24.3 Å². The molecule has 0 radical (unpaired) electrons. The average Bonchev–Trinajstić information content (AvgIpc) is 3.40.